The molecule has 0 fully saturated rings. The summed E-state index contributed by atoms with van der Waals surface area (Å²) in [4.78, 5) is 0. The Bertz CT molecular complexity index is 147. The van der Waals surface area contributed by atoms with Crippen LogP contribution in [-0.4, -0.2) is 0 Å². The van der Waals surface area contributed by atoms with Crippen LogP contribution in [0, 0.1) is 11.3 Å². The second-order valence-electron chi connectivity index (χ2n) is 1.36. The number of allylic oxidation sites excluding steroid dienone is 4. The topological polar surface area (TPSA) is 23.8 Å². The lowest BCUT2D eigenvalue weighted by Crippen LogP contribution is -1.65. The lowest BCUT2D eigenvalue weighted by atomic mass is 10.3. The number of nitriles is 1. The van der Waals surface area contributed by atoms with Crippen LogP contribution in [0.4, 0.5) is 0 Å². The zero-order valence-corrected chi connectivity index (χ0v) is 7.18. The minimum absolute atomic E-state index is 0.715. The molecule has 0 aliphatic heterocycles. The maximum absolute atomic E-state index is 8.29. The molecule has 0 heterocycles. The van der Waals surface area contributed by atoms with Crippen LogP contribution in [-0.2, 0) is 0 Å². The first kappa shape index (κ1) is 11.7. The van der Waals surface area contributed by atoms with Crippen molar-refractivity contribution in [2.75, 3.05) is 0 Å². The van der Waals surface area contributed by atoms with Gasteiger partial charge >= 0.3 is 0 Å². The Hall–Kier alpha value is -1.03. The quantitative estimate of drug-likeness (QED) is 0.402. The van der Waals surface area contributed by atoms with Crippen molar-refractivity contribution in [3.8, 4) is 6.07 Å². The first-order chi connectivity index (χ1) is 4.85. The molecule has 0 N–H and O–H groups in total. The summed E-state index contributed by atoms with van der Waals surface area (Å²) in [5.41, 5.74) is 0.715. The van der Waals surface area contributed by atoms with E-state index in [4.69, 9.17) is 5.26 Å². The molecular weight excluding hydrogens is 122 g/mol. The molecule has 0 rings (SSSR count). The minimum Gasteiger partial charge on any atom is -0.192 e. The van der Waals surface area contributed by atoms with Crippen molar-refractivity contribution in [3.05, 3.63) is 23.8 Å². The van der Waals surface area contributed by atoms with Crippen molar-refractivity contribution in [1.29, 1.82) is 5.26 Å². The van der Waals surface area contributed by atoms with E-state index < -0.39 is 0 Å². The second kappa shape index (κ2) is 10.9. The van der Waals surface area contributed by atoms with Crippen molar-refractivity contribution >= 4 is 0 Å². The molecule has 10 heavy (non-hydrogen) atoms. The van der Waals surface area contributed by atoms with Crippen molar-refractivity contribution in [1.82, 2.24) is 0 Å². The Labute approximate surface area is 63.7 Å². The third-order valence-electron chi connectivity index (χ3n) is 0.786. The Morgan fingerprint density at radius 1 is 1.30 bits per heavy atom. The van der Waals surface area contributed by atoms with Gasteiger partial charge in [0.25, 0.3) is 0 Å². The fourth-order valence-electron chi connectivity index (χ4n) is 0.378. The Kier molecular flexibility index (Phi) is 12.7. The molecule has 0 aliphatic rings. The smallest absolute Gasteiger partial charge is 0.0987 e. The molecule has 0 unspecified atom stereocenters. The lowest BCUT2D eigenvalue weighted by molar-refractivity contribution is 1.48. The van der Waals surface area contributed by atoms with Gasteiger partial charge in [0.1, 0.15) is 0 Å². The molecular formula is C9H15N. The van der Waals surface area contributed by atoms with E-state index in [-0.39, 0.29) is 0 Å². The van der Waals surface area contributed by atoms with Crippen LogP contribution in [0.1, 0.15) is 27.7 Å². The van der Waals surface area contributed by atoms with Gasteiger partial charge in [-0.15, -0.1) is 0 Å². The minimum atomic E-state index is 0.715. The molecule has 0 amide bonds. The highest BCUT2D eigenvalue weighted by Crippen LogP contribution is 1.91. The maximum atomic E-state index is 8.29. The highest BCUT2D eigenvalue weighted by molar-refractivity contribution is 5.31. The fourth-order valence-corrected chi connectivity index (χ4v) is 0.378. The molecule has 0 radical (unpaired) electrons. The van der Waals surface area contributed by atoms with Crippen LogP contribution in [0.3, 0.4) is 0 Å². The van der Waals surface area contributed by atoms with Crippen molar-refractivity contribution in [2.45, 2.75) is 27.7 Å². The lowest BCUT2D eigenvalue weighted by Gasteiger charge is -1.78. The Morgan fingerprint density at radius 2 is 1.80 bits per heavy atom. The van der Waals surface area contributed by atoms with Gasteiger partial charge in [-0.05, 0) is 19.9 Å². The summed E-state index contributed by atoms with van der Waals surface area (Å²) in [6, 6.07) is 2.03. The van der Waals surface area contributed by atoms with Crippen LogP contribution in [0.25, 0.3) is 0 Å². The molecule has 0 spiro atoms. The van der Waals surface area contributed by atoms with E-state index in [1.165, 1.54) is 0 Å². The van der Waals surface area contributed by atoms with Crippen LogP contribution >= 0.6 is 0 Å². The molecule has 0 aromatic rings. The van der Waals surface area contributed by atoms with E-state index in [1.54, 1.807) is 12.2 Å². The van der Waals surface area contributed by atoms with Gasteiger partial charge in [0.2, 0.25) is 0 Å². The van der Waals surface area contributed by atoms with Gasteiger partial charge in [-0.3, -0.25) is 0 Å². The molecule has 0 aromatic carbocycles. The average molecular weight is 137 g/mol. The first-order valence-electron chi connectivity index (χ1n) is 3.54. The van der Waals surface area contributed by atoms with E-state index in [0.29, 0.717) is 5.57 Å². The fraction of sp³-hybridized carbons (Fsp3) is 0.444. The summed E-state index contributed by atoms with van der Waals surface area (Å²) >= 11 is 0. The zero-order chi connectivity index (χ0) is 8.41. The van der Waals surface area contributed by atoms with E-state index in [9.17, 15) is 0 Å². The summed E-state index contributed by atoms with van der Waals surface area (Å²) in [5.74, 6) is 0. The van der Waals surface area contributed by atoms with Gasteiger partial charge < -0.3 is 0 Å². The van der Waals surface area contributed by atoms with E-state index in [1.807, 2.05) is 39.8 Å². The number of hydrogen-bond acceptors (Lipinski definition) is 1. The first-order valence-corrected chi connectivity index (χ1v) is 3.54. The molecule has 1 heteroatoms. The standard InChI is InChI=1S/C7H9N.C2H6/c1-3-5-7(4-2)6-8;1-2/h3-5H,1-2H3;1-2H3/b5-3-,7-4+;. The third kappa shape index (κ3) is 6.97. The highest BCUT2D eigenvalue weighted by atomic mass is 14.2. The summed E-state index contributed by atoms with van der Waals surface area (Å²) < 4.78 is 0. The second-order valence-corrected chi connectivity index (χ2v) is 1.36. The Morgan fingerprint density at radius 3 is 1.90 bits per heavy atom. The number of rotatable bonds is 1. The monoisotopic (exact) mass is 137 g/mol. The van der Waals surface area contributed by atoms with Crippen molar-refractivity contribution < 1.29 is 0 Å². The largest absolute Gasteiger partial charge is 0.192 e. The molecule has 0 saturated heterocycles. The normalized spacial score (nSPS) is 10.1. The van der Waals surface area contributed by atoms with Gasteiger partial charge in [-0.1, -0.05) is 26.0 Å². The molecule has 0 atom stereocenters. The molecule has 0 aromatic heterocycles. The molecule has 0 bridgehead atoms. The summed E-state index contributed by atoms with van der Waals surface area (Å²) in [6.07, 6.45) is 5.40. The highest BCUT2D eigenvalue weighted by Gasteiger charge is 1.78. The van der Waals surface area contributed by atoms with E-state index in [0.717, 1.165) is 0 Å². The molecule has 0 aliphatic carbocycles. The van der Waals surface area contributed by atoms with Crippen LogP contribution in [0.2, 0.25) is 0 Å². The SMILES string of the molecule is C/C=C\C(C#N)=C/C.CC. The van der Waals surface area contributed by atoms with Gasteiger partial charge in [-0.2, -0.15) is 5.26 Å². The Balaban J connectivity index is 0. The third-order valence-corrected chi connectivity index (χ3v) is 0.786. The number of nitrogens with zero attached hydrogens (tertiary/aromatic N) is 1. The van der Waals surface area contributed by atoms with Gasteiger partial charge in [0.15, 0.2) is 0 Å². The van der Waals surface area contributed by atoms with Gasteiger partial charge in [-0.25, -0.2) is 0 Å². The summed E-state index contributed by atoms with van der Waals surface area (Å²) in [5, 5.41) is 8.29. The predicted molar refractivity (Wildman–Crippen MR) is 45.5 cm³/mol. The van der Waals surface area contributed by atoms with E-state index in [2.05, 4.69) is 0 Å². The molecule has 56 valence electrons. The van der Waals surface area contributed by atoms with Gasteiger partial charge in [0.05, 0.1) is 6.07 Å². The average Bonchev–Trinajstić information content (AvgIpc) is 2.04. The predicted octanol–water partition coefficient (Wildman–Crippen LogP) is 3.06. The van der Waals surface area contributed by atoms with Crippen molar-refractivity contribution in [3.63, 3.8) is 0 Å². The van der Waals surface area contributed by atoms with Crippen molar-refractivity contribution in [2.24, 2.45) is 0 Å². The zero-order valence-electron chi connectivity index (χ0n) is 7.18. The van der Waals surface area contributed by atoms with Crippen LogP contribution in [0.15, 0.2) is 23.8 Å². The van der Waals surface area contributed by atoms with Gasteiger partial charge in [0, 0.05) is 5.57 Å². The summed E-state index contributed by atoms with van der Waals surface area (Å²) in [7, 11) is 0. The molecule has 0 saturated carbocycles. The van der Waals surface area contributed by atoms with Crippen LogP contribution in [0.5, 0.6) is 0 Å². The van der Waals surface area contributed by atoms with Crippen LogP contribution < -0.4 is 0 Å². The summed E-state index contributed by atoms with van der Waals surface area (Å²) in [6.45, 7) is 7.74. The number of hydrogen-bond donors (Lipinski definition) is 0. The maximum Gasteiger partial charge on any atom is 0.0987 e. The molecule has 1 nitrogen and oxygen atoms in total. The van der Waals surface area contributed by atoms with E-state index >= 15 is 0 Å².